The number of anilines is 1. The lowest BCUT2D eigenvalue weighted by Crippen LogP contribution is -2.38. The molecule has 1 aromatic rings. The Labute approximate surface area is 162 Å². The van der Waals surface area contributed by atoms with Gasteiger partial charge < -0.3 is 16.0 Å². The second kappa shape index (κ2) is 16.2. The Morgan fingerprint density at radius 3 is 2.52 bits per heavy atom. The normalized spacial score (nSPS) is 10.8. The fraction of sp³-hybridized carbons (Fsp3) is 0.588. The number of para-hydroxylation sites is 1. The molecule has 3 N–H and O–H groups in total. The molecule has 0 aromatic heterocycles. The van der Waals surface area contributed by atoms with Crippen molar-refractivity contribution in [2.75, 3.05) is 43.5 Å². The second-order valence-electron chi connectivity index (χ2n) is 5.03. The predicted octanol–water partition coefficient (Wildman–Crippen LogP) is 3.80. The summed E-state index contributed by atoms with van der Waals surface area (Å²) in [5, 5.41) is 10.1. The van der Waals surface area contributed by atoms with Gasteiger partial charge in [-0.3, -0.25) is 4.99 Å². The van der Waals surface area contributed by atoms with Gasteiger partial charge in [0.15, 0.2) is 5.96 Å². The number of nitrogens with one attached hydrogen (secondary N) is 3. The maximum absolute atomic E-state index is 4.61. The van der Waals surface area contributed by atoms with Gasteiger partial charge in [0, 0.05) is 31.9 Å². The number of benzene rings is 1. The van der Waals surface area contributed by atoms with Crippen LogP contribution in [0.25, 0.3) is 0 Å². The summed E-state index contributed by atoms with van der Waals surface area (Å²) in [7, 11) is 0. The van der Waals surface area contributed by atoms with Crippen molar-refractivity contribution in [3.8, 4) is 0 Å². The lowest BCUT2D eigenvalue weighted by molar-refractivity contribution is 0.731. The highest BCUT2D eigenvalue weighted by Crippen LogP contribution is 2.04. The summed E-state index contributed by atoms with van der Waals surface area (Å²) < 4.78 is 0. The zero-order chi connectivity index (χ0) is 15.9. The smallest absolute Gasteiger partial charge is 0.191 e. The van der Waals surface area contributed by atoms with Crippen molar-refractivity contribution in [2.45, 2.75) is 26.2 Å². The third-order valence-electron chi connectivity index (χ3n) is 3.12. The van der Waals surface area contributed by atoms with Crippen LogP contribution in [0.4, 0.5) is 5.69 Å². The molecule has 1 rings (SSSR count). The van der Waals surface area contributed by atoms with E-state index in [1.54, 1.807) is 0 Å². The van der Waals surface area contributed by atoms with E-state index >= 15 is 0 Å². The van der Waals surface area contributed by atoms with Crippen molar-refractivity contribution in [3.05, 3.63) is 30.3 Å². The van der Waals surface area contributed by atoms with Gasteiger partial charge in [0.25, 0.3) is 0 Å². The van der Waals surface area contributed by atoms with Gasteiger partial charge in [0.05, 0.1) is 0 Å². The number of nitrogens with zero attached hydrogens (tertiary/aromatic N) is 1. The summed E-state index contributed by atoms with van der Waals surface area (Å²) >= 11 is 1.91. The number of halogens is 1. The predicted molar refractivity (Wildman–Crippen MR) is 117 cm³/mol. The van der Waals surface area contributed by atoms with E-state index in [0.29, 0.717) is 0 Å². The Morgan fingerprint density at radius 1 is 1.04 bits per heavy atom. The standard InChI is InChI=1S/C17H30N4S.HI/c1-3-18-17(20-12-7-8-15-22-2)21-14-9-13-19-16-10-5-4-6-11-16;/h4-6,10-11,19H,3,7-9,12-15H2,1-2H3,(H2,18,20,21);1H. The average molecular weight is 450 g/mol. The first kappa shape index (κ1) is 22.4. The number of thioether (sulfide) groups is 1. The minimum atomic E-state index is 0. The van der Waals surface area contributed by atoms with E-state index < -0.39 is 0 Å². The minimum Gasteiger partial charge on any atom is -0.385 e. The van der Waals surface area contributed by atoms with Crippen LogP contribution in [0.15, 0.2) is 35.3 Å². The van der Waals surface area contributed by atoms with E-state index in [1.807, 2.05) is 30.0 Å². The van der Waals surface area contributed by atoms with E-state index in [1.165, 1.54) is 24.3 Å². The molecule has 6 heteroatoms. The molecule has 0 radical (unpaired) electrons. The van der Waals surface area contributed by atoms with Crippen LogP contribution >= 0.6 is 35.7 Å². The van der Waals surface area contributed by atoms with Crippen molar-refractivity contribution in [1.82, 2.24) is 10.6 Å². The van der Waals surface area contributed by atoms with E-state index in [9.17, 15) is 0 Å². The molecular weight excluding hydrogens is 419 g/mol. The number of unbranched alkanes of at least 4 members (excludes halogenated alkanes) is 1. The highest BCUT2D eigenvalue weighted by Gasteiger charge is 1.96. The van der Waals surface area contributed by atoms with Crippen LogP contribution < -0.4 is 16.0 Å². The van der Waals surface area contributed by atoms with Crippen LogP contribution in [0, 0.1) is 0 Å². The van der Waals surface area contributed by atoms with E-state index in [0.717, 1.165) is 38.6 Å². The summed E-state index contributed by atoms with van der Waals surface area (Å²) in [6, 6.07) is 10.3. The van der Waals surface area contributed by atoms with Crippen molar-refractivity contribution in [3.63, 3.8) is 0 Å². The first-order chi connectivity index (χ1) is 10.9. The number of rotatable bonds is 11. The number of hydrogen-bond donors (Lipinski definition) is 3. The molecule has 1 aromatic carbocycles. The molecule has 4 nitrogen and oxygen atoms in total. The zero-order valence-corrected chi connectivity index (χ0v) is 17.5. The largest absolute Gasteiger partial charge is 0.385 e. The molecule has 0 aliphatic rings. The molecule has 0 spiro atoms. The van der Waals surface area contributed by atoms with Gasteiger partial charge in [-0.1, -0.05) is 18.2 Å². The summed E-state index contributed by atoms with van der Waals surface area (Å²) in [6.45, 7) is 5.77. The Morgan fingerprint density at radius 2 is 1.83 bits per heavy atom. The molecule has 0 atom stereocenters. The van der Waals surface area contributed by atoms with Gasteiger partial charge >= 0.3 is 0 Å². The molecule has 0 aliphatic carbocycles. The molecule has 0 bridgehead atoms. The van der Waals surface area contributed by atoms with Gasteiger partial charge in [-0.05, 0) is 50.3 Å². The monoisotopic (exact) mass is 450 g/mol. The maximum atomic E-state index is 4.61. The molecule has 0 saturated heterocycles. The fourth-order valence-corrected chi connectivity index (χ4v) is 2.47. The van der Waals surface area contributed by atoms with Crippen LogP contribution in [0.1, 0.15) is 26.2 Å². The lowest BCUT2D eigenvalue weighted by Gasteiger charge is -2.11. The second-order valence-corrected chi connectivity index (χ2v) is 6.02. The molecule has 23 heavy (non-hydrogen) atoms. The number of aliphatic imine (C=N–C) groups is 1. The molecule has 132 valence electrons. The van der Waals surface area contributed by atoms with Crippen LogP contribution in [-0.2, 0) is 0 Å². The van der Waals surface area contributed by atoms with Crippen LogP contribution in [0.5, 0.6) is 0 Å². The molecule has 0 fully saturated rings. The third kappa shape index (κ3) is 12.5. The molecule has 0 aliphatic heterocycles. The Hall–Kier alpha value is -0.630. The minimum absolute atomic E-state index is 0. The third-order valence-corrected chi connectivity index (χ3v) is 3.82. The van der Waals surface area contributed by atoms with Crippen molar-refractivity contribution in [2.24, 2.45) is 4.99 Å². The van der Waals surface area contributed by atoms with Gasteiger partial charge in [-0.15, -0.1) is 24.0 Å². The number of guanidine groups is 1. The SMILES string of the molecule is CCNC(=NCCCNc1ccccc1)NCCCCSC.I. The summed E-state index contributed by atoms with van der Waals surface area (Å²) in [5.74, 6) is 2.17. The van der Waals surface area contributed by atoms with E-state index in [2.05, 4.69) is 46.3 Å². The van der Waals surface area contributed by atoms with Gasteiger partial charge in [0.2, 0.25) is 0 Å². The summed E-state index contributed by atoms with van der Waals surface area (Å²) in [5.41, 5.74) is 1.17. The quantitative estimate of drug-likeness (QED) is 0.208. The summed E-state index contributed by atoms with van der Waals surface area (Å²) in [6.07, 6.45) is 5.63. The van der Waals surface area contributed by atoms with Crippen molar-refractivity contribution < 1.29 is 0 Å². The first-order valence-corrected chi connectivity index (χ1v) is 9.56. The molecule has 0 unspecified atom stereocenters. The first-order valence-electron chi connectivity index (χ1n) is 8.17. The van der Waals surface area contributed by atoms with Crippen molar-refractivity contribution >= 4 is 47.4 Å². The van der Waals surface area contributed by atoms with Gasteiger partial charge in [-0.2, -0.15) is 11.8 Å². The van der Waals surface area contributed by atoms with E-state index in [-0.39, 0.29) is 24.0 Å². The molecule has 0 amide bonds. The molecule has 0 heterocycles. The molecular formula is C17H31IN4S. The Bertz CT molecular complexity index is 401. The van der Waals surface area contributed by atoms with Gasteiger partial charge in [-0.25, -0.2) is 0 Å². The highest BCUT2D eigenvalue weighted by molar-refractivity contribution is 14.0. The topological polar surface area (TPSA) is 48.5 Å². The van der Waals surface area contributed by atoms with E-state index in [4.69, 9.17) is 0 Å². The Balaban J connectivity index is 0.00000484. The van der Waals surface area contributed by atoms with Crippen LogP contribution in [-0.4, -0.2) is 44.1 Å². The maximum Gasteiger partial charge on any atom is 0.191 e. The lowest BCUT2D eigenvalue weighted by atomic mass is 10.3. The highest BCUT2D eigenvalue weighted by atomic mass is 127. The number of hydrogen-bond acceptors (Lipinski definition) is 3. The Kier molecular flexibility index (Phi) is 15.8. The zero-order valence-electron chi connectivity index (χ0n) is 14.3. The van der Waals surface area contributed by atoms with Crippen molar-refractivity contribution in [1.29, 1.82) is 0 Å². The van der Waals surface area contributed by atoms with Crippen LogP contribution in [0.3, 0.4) is 0 Å². The van der Waals surface area contributed by atoms with Crippen LogP contribution in [0.2, 0.25) is 0 Å². The van der Waals surface area contributed by atoms with Gasteiger partial charge in [0.1, 0.15) is 0 Å². The fourth-order valence-electron chi connectivity index (χ4n) is 1.98. The molecule has 0 saturated carbocycles. The average Bonchev–Trinajstić information content (AvgIpc) is 2.55. The summed E-state index contributed by atoms with van der Waals surface area (Å²) in [4.78, 5) is 4.61.